The predicted octanol–water partition coefficient (Wildman–Crippen LogP) is 8.00. The van der Waals surface area contributed by atoms with Crippen LogP contribution in [0.15, 0.2) is 97.1 Å². The Morgan fingerprint density at radius 1 is 0.765 bits per heavy atom. The molecule has 0 unspecified atom stereocenters. The van der Waals surface area contributed by atoms with Crippen LogP contribution in [0.5, 0.6) is 0 Å². The highest BCUT2D eigenvalue weighted by atomic mass is 19.1. The van der Waals surface area contributed by atoms with Gasteiger partial charge in [0.2, 0.25) is 0 Å². The quantitative estimate of drug-likeness (QED) is 0.252. The summed E-state index contributed by atoms with van der Waals surface area (Å²) in [6.07, 6.45) is 6.66. The summed E-state index contributed by atoms with van der Waals surface area (Å²) in [6.45, 7) is 2.28. The van der Waals surface area contributed by atoms with Crippen molar-refractivity contribution >= 4 is 12.2 Å². The van der Waals surface area contributed by atoms with Gasteiger partial charge in [-0.2, -0.15) is 5.26 Å². The van der Waals surface area contributed by atoms with Gasteiger partial charge in [-0.1, -0.05) is 104 Å². The van der Waals surface area contributed by atoms with Gasteiger partial charge in [0.1, 0.15) is 5.82 Å². The third kappa shape index (κ3) is 6.30. The standard InChI is InChI=1S/C32H28FN/c1-24(30-5-3-2-4-6-30)21-28-15-13-26(14-16-28)8-7-25-9-11-27(12-10-25)17-19-31-20-18-29(23-34)22-32(31)33/h2-6,9-20,22,24H,7-8,21H2,1H3/t24-/m1/s1. The van der Waals surface area contributed by atoms with Gasteiger partial charge in [0.05, 0.1) is 11.6 Å². The Kier molecular flexibility index (Phi) is 7.68. The van der Waals surface area contributed by atoms with Gasteiger partial charge < -0.3 is 0 Å². The Morgan fingerprint density at radius 3 is 2.00 bits per heavy atom. The molecule has 4 aromatic rings. The molecule has 0 bridgehead atoms. The lowest BCUT2D eigenvalue weighted by Crippen LogP contribution is -1.99. The highest BCUT2D eigenvalue weighted by Gasteiger charge is 2.06. The van der Waals surface area contributed by atoms with Crippen LogP contribution in [0.25, 0.3) is 12.2 Å². The fourth-order valence-corrected chi connectivity index (χ4v) is 4.10. The number of hydrogen-bond acceptors (Lipinski definition) is 1. The zero-order chi connectivity index (χ0) is 23.8. The maximum absolute atomic E-state index is 14.0. The minimum absolute atomic E-state index is 0.329. The van der Waals surface area contributed by atoms with E-state index in [1.807, 2.05) is 12.1 Å². The Hall–Kier alpha value is -3.96. The second-order valence-corrected chi connectivity index (χ2v) is 8.76. The van der Waals surface area contributed by atoms with E-state index < -0.39 is 0 Å². The molecule has 0 spiro atoms. The zero-order valence-electron chi connectivity index (χ0n) is 19.4. The summed E-state index contributed by atoms with van der Waals surface area (Å²) in [5.74, 6) is 0.125. The number of hydrogen-bond donors (Lipinski definition) is 0. The smallest absolute Gasteiger partial charge is 0.131 e. The van der Waals surface area contributed by atoms with Gasteiger partial charge in [0, 0.05) is 5.56 Å². The van der Waals surface area contributed by atoms with Crippen molar-refractivity contribution in [1.29, 1.82) is 5.26 Å². The average molecular weight is 446 g/mol. The predicted molar refractivity (Wildman–Crippen MR) is 139 cm³/mol. The van der Waals surface area contributed by atoms with E-state index in [0.717, 1.165) is 24.8 Å². The molecule has 0 saturated carbocycles. The molecule has 0 radical (unpaired) electrons. The molecular weight excluding hydrogens is 417 g/mol. The molecule has 0 aromatic heterocycles. The van der Waals surface area contributed by atoms with Gasteiger partial charge in [0.25, 0.3) is 0 Å². The maximum atomic E-state index is 14.0. The van der Waals surface area contributed by atoms with Gasteiger partial charge >= 0.3 is 0 Å². The van der Waals surface area contributed by atoms with E-state index in [-0.39, 0.29) is 5.82 Å². The van der Waals surface area contributed by atoms with Crippen LogP contribution in [0.4, 0.5) is 4.39 Å². The molecule has 0 aliphatic carbocycles. The van der Waals surface area contributed by atoms with Gasteiger partial charge in [-0.3, -0.25) is 0 Å². The van der Waals surface area contributed by atoms with Crippen LogP contribution in [-0.2, 0) is 19.3 Å². The lowest BCUT2D eigenvalue weighted by atomic mass is 9.93. The van der Waals surface area contributed by atoms with Gasteiger partial charge in [-0.15, -0.1) is 0 Å². The van der Waals surface area contributed by atoms with Crippen molar-refractivity contribution in [3.63, 3.8) is 0 Å². The first kappa shape index (κ1) is 23.2. The van der Waals surface area contributed by atoms with Crippen LogP contribution in [-0.4, -0.2) is 0 Å². The molecule has 0 aliphatic rings. The molecule has 168 valence electrons. The SMILES string of the molecule is C[C@H](Cc1ccc(CCc2ccc(C=Cc3ccc(C#N)cc3F)cc2)cc1)c1ccccc1. The highest BCUT2D eigenvalue weighted by molar-refractivity contribution is 5.70. The first-order valence-corrected chi connectivity index (χ1v) is 11.7. The highest BCUT2D eigenvalue weighted by Crippen LogP contribution is 2.21. The molecule has 0 N–H and O–H groups in total. The summed E-state index contributed by atoms with van der Waals surface area (Å²) in [7, 11) is 0. The van der Waals surface area contributed by atoms with E-state index in [2.05, 4.69) is 85.8 Å². The molecule has 1 atom stereocenters. The zero-order valence-corrected chi connectivity index (χ0v) is 19.4. The number of aryl methyl sites for hydroxylation is 2. The molecular formula is C32H28FN. The fourth-order valence-electron chi connectivity index (χ4n) is 4.10. The lowest BCUT2D eigenvalue weighted by Gasteiger charge is -2.12. The van der Waals surface area contributed by atoms with Crippen molar-refractivity contribution in [3.05, 3.63) is 142 Å². The molecule has 34 heavy (non-hydrogen) atoms. The number of rotatable bonds is 8. The van der Waals surface area contributed by atoms with Crippen LogP contribution in [0.2, 0.25) is 0 Å². The first-order chi connectivity index (χ1) is 16.6. The minimum atomic E-state index is -0.382. The summed E-state index contributed by atoms with van der Waals surface area (Å²) in [4.78, 5) is 0. The monoisotopic (exact) mass is 445 g/mol. The minimum Gasteiger partial charge on any atom is -0.206 e. The van der Waals surface area contributed by atoms with Crippen molar-refractivity contribution < 1.29 is 4.39 Å². The van der Waals surface area contributed by atoms with Gasteiger partial charge in [-0.05, 0) is 65.1 Å². The number of nitrogens with zero attached hydrogens (tertiary/aromatic N) is 1. The van der Waals surface area contributed by atoms with Crippen LogP contribution in [0, 0.1) is 17.1 Å². The molecule has 0 amide bonds. The number of halogens is 1. The topological polar surface area (TPSA) is 23.8 Å². The average Bonchev–Trinajstić information content (AvgIpc) is 2.88. The summed E-state index contributed by atoms with van der Waals surface area (Å²) in [5.41, 5.74) is 7.20. The maximum Gasteiger partial charge on any atom is 0.131 e. The summed E-state index contributed by atoms with van der Waals surface area (Å²) < 4.78 is 14.0. The molecule has 0 fully saturated rings. The van der Waals surface area contributed by atoms with Gasteiger partial charge in [0.15, 0.2) is 0 Å². The molecule has 0 heterocycles. The van der Waals surface area contributed by atoms with Crippen molar-refractivity contribution in [1.82, 2.24) is 0 Å². The summed E-state index contributed by atoms with van der Waals surface area (Å²) >= 11 is 0. The molecule has 1 nitrogen and oxygen atoms in total. The third-order valence-corrected chi connectivity index (χ3v) is 6.20. The third-order valence-electron chi connectivity index (χ3n) is 6.20. The second kappa shape index (κ2) is 11.3. The van der Waals surface area contributed by atoms with Crippen molar-refractivity contribution in [2.75, 3.05) is 0 Å². The second-order valence-electron chi connectivity index (χ2n) is 8.76. The van der Waals surface area contributed by atoms with Gasteiger partial charge in [-0.25, -0.2) is 4.39 Å². The van der Waals surface area contributed by atoms with E-state index in [1.165, 1.54) is 28.3 Å². The van der Waals surface area contributed by atoms with E-state index in [1.54, 1.807) is 18.2 Å². The Balaban J connectivity index is 1.30. The van der Waals surface area contributed by atoms with Crippen LogP contribution >= 0.6 is 0 Å². The van der Waals surface area contributed by atoms with E-state index in [0.29, 0.717) is 17.0 Å². The van der Waals surface area contributed by atoms with E-state index >= 15 is 0 Å². The Bertz CT molecular complexity index is 1280. The van der Waals surface area contributed by atoms with Crippen LogP contribution < -0.4 is 0 Å². The van der Waals surface area contributed by atoms with Crippen molar-refractivity contribution in [3.8, 4) is 6.07 Å². The number of nitriles is 1. The van der Waals surface area contributed by atoms with Crippen LogP contribution in [0.1, 0.15) is 51.8 Å². The van der Waals surface area contributed by atoms with Crippen molar-refractivity contribution in [2.24, 2.45) is 0 Å². The molecule has 0 saturated heterocycles. The molecule has 4 aromatic carbocycles. The largest absolute Gasteiger partial charge is 0.206 e. The lowest BCUT2D eigenvalue weighted by molar-refractivity contribution is 0.624. The van der Waals surface area contributed by atoms with E-state index in [4.69, 9.17) is 5.26 Å². The Morgan fingerprint density at radius 2 is 1.38 bits per heavy atom. The summed E-state index contributed by atoms with van der Waals surface area (Å²) in [6, 6.07) is 34.5. The molecule has 2 heteroatoms. The molecule has 4 rings (SSSR count). The number of benzene rings is 4. The van der Waals surface area contributed by atoms with Crippen molar-refractivity contribution in [2.45, 2.75) is 32.1 Å². The first-order valence-electron chi connectivity index (χ1n) is 11.7. The fraction of sp³-hybridized carbons (Fsp3) is 0.156. The molecule has 0 aliphatic heterocycles. The summed E-state index contributed by atoms with van der Waals surface area (Å²) in [5, 5.41) is 8.85. The van der Waals surface area contributed by atoms with E-state index in [9.17, 15) is 4.39 Å². The normalized spacial score (nSPS) is 11.9. The van der Waals surface area contributed by atoms with Crippen LogP contribution in [0.3, 0.4) is 0 Å². The Labute approximate surface area is 201 Å².